The van der Waals surface area contributed by atoms with E-state index in [-0.39, 0.29) is 10.6 Å². The molecule has 148 valence electrons. The van der Waals surface area contributed by atoms with Crippen LogP contribution >= 0.6 is 11.8 Å². The second kappa shape index (κ2) is 8.44. The van der Waals surface area contributed by atoms with Gasteiger partial charge < -0.3 is 9.15 Å². The predicted octanol–water partition coefficient (Wildman–Crippen LogP) is 7.57. The van der Waals surface area contributed by atoms with E-state index in [1.165, 1.54) is 17.7 Å². The van der Waals surface area contributed by atoms with Crippen molar-refractivity contribution in [1.82, 2.24) is 0 Å². The lowest BCUT2D eigenvalue weighted by Crippen LogP contribution is -2.09. The summed E-state index contributed by atoms with van der Waals surface area (Å²) in [7, 11) is 0. The van der Waals surface area contributed by atoms with Crippen LogP contribution in [0, 0.1) is 12.7 Å². The van der Waals surface area contributed by atoms with Gasteiger partial charge in [-0.15, -0.1) is 11.8 Å². The number of hydrogen-bond donors (Lipinski definition) is 0. The van der Waals surface area contributed by atoms with E-state index >= 15 is 0 Å². The van der Waals surface area contributed by atoms with E-state index in [2.05, 4.69) is 39.8 Å². The van der Waals surface area contributed by atoms with Gasteiger partial charge in [0.2, 0.25) is 0 Å². The minimum Gasteiger partial charge on any atom is -0.489 e. The van der Waals surface area contributed by atoms with Crippen molar-refractivity contribution in [2.45, 2.75) is 51.2 Å². The molecule has 0 aliphatic heterocycles. The smallest absolute Gasteiger partial charge is 0.134 e. The summed E-state index contributed by atoms with van der Waals surface area (Å²) in [4.78, 5) is 0. The third kappa shape index (κ3) is 5.41. The van der Waals surface area contributed by atoms with Gasteiger partial charge in [0, 0.05) is 21.1 Å². The lowest BCUT2D eigenvalue weighted by atomic mass is 10.1. The molecule has 0 saturated carbocycles. The highest BCUT2D eigenvalue weighted by Crippen LogP contribution is 2.38. The van der Waals surface area contributed by atoms with Crippen LogP contribution in [0.25, 0.3) is 11.3 Å². The molecule has 2 nitrogen and oxygen atoms in total. The molecule has 0 saturated heterocycles. The molecule has 0 aliphatic carbocycles. The van der Waals surface area contributed by atoms with Crippen LogP contribution in [0.2, 0.25) is 0 Å². The van der Waals surface area contributed by atoms with Gasteiger partial charge >= 0.3 is 0 Å². The molecule has 1 aromatic heterocycles. The van der Waals surface area contributed by atoms with E-state index in [9.17, 15) is 4.39 Å². The Bertz CT molecular complexity index is 923. The molecule has 4 heteroatoms. The normalized spacial score (nSPS) is 12.8. The van der Waals surface area contributed by atoms with Gasteiger partial charge in [-0.25, -0.2) is 4.39 Å². The molecular formula is C24H27FO2S. The van der Waals surface area contributed by atoms with E-state index in [1.807, 2.05) is 36.9 Å². The summed E-state index contributed by atoms with van der Waals surface area (Å²) in [5.41, 5.74) is 3.10. The topological polar surface area (TPSA) is 22.4 Å². The fourth-order valence-corrected chi connectivity index (χ4v) is 4.38. The Morgan fingerprint density at radius 1 is 1.07 bits per heavy atom. The van der Waals surface area contributed by atoms with Crippen LogP contribution in [0.3, 0.4) is 0 Å². The first kappa shape index (κ1) is 20.5. The summed E-state index contributed by atoms with van der Waals surface area (Å²) in [6.45, 7) is 11.3. The first-order valence-electron chi connectivity index (χ1n) is 9.47. The molecule has 2 aromatic carbocycles. The van der Waals surface area contributed by atoms with Gasteiger partial charge in [0.15, 0.2) is 0 Å². The Labute approximate surface area is 171 Å². The molecule has 0 aliphatic rings. The molecule has 0 spiro atoms. The van der Waals surface area contributed by atoms with Crippen molar-refractivity contribution >= 4 is 11.8 Å². The first-order valence-corrected chi connectivity index (χ1v) is 10.3. The summed E-state index contributed by atoms with van der Waals surface area (Å²) in [5.74, 6) is 2.13. The number of benzene rings is 2. The van der Waals surface area contributed by atoms with Crippen LogP contribution in [-0.2, 0) is 6.61 Å². The maximum Gasteiger partial charge on any atom is 0.134 e. The van der Waals surface area contributed by atoms with Crippen molar-refractivity contribution in [2.75, 3.05) is 0 Å². The number of halogens is 1. The zero-order valence-corrected chi connectivity index (χ0v) is 17.9. The molecule has 28 heavy (non-hydrogen) atoms. The van der Waals surface area contributed by atoms with E-state index in [1.54, 1.807) is 12.1 Å². The Balaban J connectivity index is 1.69. The van der Waals surface area contributed by atoms with Crippen molar-refractivity contribution in [3.05, 3.63) is 77.3 Å². The maximum absolute atomic E-state index is 13.1. The molecule has 0 amide bonds. The fraction of sp³-hybridized carbons (Fsp3) is 0.333. The van der Waals surface area contributed by atoms with E-state index < -0.39 is 0 Å². The highest BCUT2D eigenvalue weighted by molar-refractivity contribution is 8.00. The number of ether oxygens (including phenoxy) is 1. The fourth-order valence-electron chi connectivity index (χ4n) is 3.04. The van der Waals surface area contributed by atoms with Crippen molar-refractivity contribution in [3.63, 3.8) is 0 Å². The minimum absolute atomic E-state index is 0.209. The van der Waals surface area contributed by atoms with Crippen LogP contribution in [0.15, 0.2) is 59.0 Å². The molecule has 0 radical (unpaired) electrons. The van der Waals surface area contributed by atoms with Crippen LogP contribution < -0.4 is 4.74 Å². The van der Waals surface area contributed by atoms with Crippen molar-refractivity contribution in [3.8, 4) is 17.1 Å². The summed E-state index contributed by atoms with van der Waals surface area (Å²) in [6, 6.07) is 16.5. The molecule has 3 aromatic rings. The lowest BCUT2D eigenvalue weighted by Gasteiger charge is -2.23. The predicted molar refractivity (Wildman–Crippen MR) is 115 cm³/mol. The zero-order chi connectivity index (χ0) is 20.3. The van der Waals surface area contributed by atoms with Crippen LogP contribution in [0.4, 0.5) is 4.39 Å². The number of hydrogen-bond acceptors (Lipinski definition) is 3. The highest BCUT2D eigenvalue weighted by Gasteiger charge is 2.17. The third-order valence-electron chi connectivity index (χ3n) is 4.40. The SMILES string of the molecule is Cc1oc(-c2ccc(F)cc2)cc1COc1cccc(C(C)SC(C)(C)C)c1. The number of rotatable bonds is 6. The average molecular weight is 399 g/mol. The largest absolute Gasteiger partial charge is 0.489 e. The van der Waals surface area contributed by atoms with Gasteiger partial charge in [-0.3, -0.25) is 0 Å². The molecule has 0 fully saturated rings. The molecule has 3 rings (SSSR count). The van der Waals surface area contributed by atoms with E-state index in [4.69, 9.17) is 9.15 Å². The van der Waals surface area contributed by atoms with Crippen LogP contribution in [0.1, 0.15) is 49.8 Å². The monoisotopic (exact) mass is 398 g/mol. The zero-order valence-electron chi connectivity index (χ0n) is 17.1. The summed E-state index contributed by atoms with van der Waals surface area (Å²) < 4.78 is 25.2. The molecule has 0 N–H and O–H groups in total. The van der Waals surface area contributed by atoms with Crippen molar-refractivity contribution in [2.24, 2.45) is 0 Å². The minimum atomic E-state index is -0.255. The van der Waals surface area contributed by atoms with Gasteiger partial charge in [0.1, 0.15) is 29.7 Å². The Hall–Kier alpha value is -2.20. The van der Waals surface area contributed by atoms with E-state index in [0.29, 0.717) is 11.9 Å². The molecule has 0 bridgehead atoms. The number of furan rings is 1. The van der Waals surface area contributed by atoms with E-state index in [0.717, 1.165) is 28.4 Å². The molecular weight excluding hydrogens is 371 g/mol. The Morgan fingerprint density at radius 2 is 1.79 bits per heavy atom. The number of aryl methyl sites for hydroxylation is 1. The standard InChI is InChI=1S/C24H27FO2S/c1-16-20(14-23(27-16)18-9-11-21(25)12-10-18)15-26-22-8-6-7-19(13-22)17(2)28-24(3,4)5/h6-14,17H,15H2,1-5H3. The van der Waals surface area contributed by atoms with Crippen molar-refractivity contribution < 1.29 is 13.5 Å². The number of thioether (sulfide) groups is 1. The van der Waals surface area contributed by atoms with Gasteiger partial charge in [0.25, 0.3) is 0 Å². The Kier molecular flexibility index (Phi) is 6.19. The summed E-state index contributed by atoms with van der Waals surface area (Å²) >= 11 is 1.94. The van der Waals surface area contributed by atoms with Crippen LogP contribution in [0.5, 0.6) is 5.75 Å². The average Bonchev–Trinajstić information content (AvgIpc) is 3.00. The third-order valence-corrected chi connectivity index (χ3v) is 5.73. The second-order valence-electron chi connectivity index (χ2n) is 7.93. The Morgan fingerprint density at radius 3 is 2.46 bits per heavy atom. The first-order chi connectivity index (χ1) is 13.2. The van der Waals surface area contributed by atoms with Gasteiger partial charge in [-0.2, -0.15) is 0 Å². The molecule has 1 unspecified atom stereocenters. The molecule has 1 heterocycles. The van der Waals surface area contributed by atoms with Gasteiger partial charge in [-0.1, -0.05) is 32.9 Å². The second-order valence-corrected chi connectivity index (χ2v) is 10.1. The van der Waals surface area contributed by atoms with Crippen LogP contribution in [-0.4, -0.2) is 4.75 Å². The lowest BCUT2D eigenvalue weighted by molar-refractivity contribution is 0.303. The van der Waals surface area contributed by atoms with Crippen molar-refractivity contribution in [1.29, 1.82) is 0 Å². The maximum atomic E-state index is 13.1. The summed E-state index contributed by atoms with van der Waals surface area (Å²) in [6.07, 6.45) is 0. The van der Waals surface area contributed by atoms with Gasteiger partial charge in [0.05, 0.1) is 0 Å². The quantitative estimate of drug-likeness (QED) is 0.427. The highest BCUT2D eigenvalue weighted by atomic mass is 32.2. The van der Waals surface area contributed by atoms with Gasteiger partial charge in [-0.05, 0) is 61.9 Å². The summed E-state index contributed by atoms with van der Waals surface area (Å²) in [5, 5.41) is 0.393. The molecule has 1 atom stereocenters.